The standard InChI is InChI=1S/C17H17N5O2/c1-2-12-7-14(15(23)8-16(24)17-19-11-20-21-17)22(9-12)10-13-5-3-4-6-18-13/h3-9,11,24H,2,10H2,1H3,(H,19,20,21). The van der Waals surface area contributed by atoms with Crippen molar-refractivity contribution in [1.29, 1.82) is 0 Å². The van der Waals surface area contributed by atoms with Crippen LogP contribution >= 0.6 is 0 Å². The molecule has 0 radical (unpaired) electrons. The molecule has 0 aliphatic heterocycles. The van der Waals surface area contributed by atoms with Gasteiger partial charge in [-0.2, -0.15) is 5.10 Å². The molecule has 0 spiro atoms. The second kappa shape index (κ2) is 6.91. The number of aromatic nitrogens is 5. The van der Waals surface area contributed by atoms with Gasteiger partial charge in [-0.1, -0.05) is 13.0 Å². The van der Waals surface area contributed by atoms with Gasteiger partial charge in [0.05, 0.1) is 17.9 Å². The minimum Gasteiger partial charge on any atom is -0.504 e. The summed E-state index contributed by atoms with van der Waals surface area (Å²) in [6.45, 7) is 2.51. The van der Waals surface area contributed by atoms with E-state index in [-0.39, 0.29) is 17.4 Å². The Balaban J connectivity index is 1.90. The number of H-pyrrole nitrogens is 1. The van der Waals surface area contributed by atoms with Crippen molar-refractivity contribution in [1.82, 2.24) is 24.7 Å². The molecule has 0 bridgehead atoms. The van der Waals surface area contributed by atoms with Crippen molar-refractivity contribution in [3.05, 3.63) is 71.8 Å². The Morgan fingerprint density at radius 1 is 1.38 bits per heavy atom. The molecule has 0 aliphatic carbocycles. The number of hydrogen-bond donors (Lipinski definition) is 2. The normalized spacial score (nSPS) is 11.6. The lowest BCUT2D eigenvalue weighted by atomic mass is 10.2. The Morgan fingerprint density at radius 2 is 2.25 bits per heavy atom. The number of allylic oxidation sites excluding steroid dienone is 1. The molecule has 3 aromatic rings. The maximum atomic E-state index is 12.5. The number of rotatable bonds is 6. The van der Waals surface area contributed by atoms with Gasteiger partial charge in [0, 0.05) is 18.5 Å². The summed E-state index contributed by atoms with van der Waals surface area (Å²) in [4.78, 5) is 20.7. The number of nitrogens with one attached hydrogen (secondary N) is 1. The molecule has 0 saturated heterocycles. The van der Waals surface area contributed by atoms with E-state index in [4.69, 9.17) is 0 Å². The van der Waals surface area contributed by atoms with Gasteiger partial charge in [-0.15, -0.1) is 0 Å². The van der Waals surface area contributed by atoms with Crippen LogP contribution in [0.4, 0.5) is 0 Å². The first-order valence-corrected chi connectivity index (χ1v) is 7.57. The van der Waals surface area contributed by atoms with Crippen molar-refractivity contribution >= 4 is 11.5 Å². The molecule has 122 valence electrons. The van der Waals surface area contributed by atoms with Crippen LogP contribution in [0.5, 0.6) is 0 Å². The molecular formula is C17H17N5O2. The number of aromatic amines is 1. The Hall–Kier alpha value is -3.22. The first-order valence-electron chi connectivity index (χ1n) is 7.57. The lowest BCUT2D eigenvalue weighted by Crippen LogP contribution is -2.09. The Labute approximate surface area is 138 Å². The summed E-state index contributed by atoms with van der Waals surface area (Å²) in [5.41, 5.74) is 2.38. The first-order chi connectivity index (χ1) is 11.7. The first kappa shape index (κ1) is 15.7. The van der Waals surface area contributed by atoms with Gasteiger partial charge in [-0.3, -0.25) is 14.9 Å². The summed E-state index contributed by atoms with van der Waals surface area (Å²) in [5, 5.41) is 16.2. The summed E-state index contributed by atoms with van der Waals surface area (Å²) in [5.74, 6) is -0.500. The molecule has 0 unspecified atom stereocenters. The van der Waals surface area contributed by atoms with Crippen molar-refractivity contribution < 1.29 is 9.90 Å². The minimum atomic E-state index is -0.312. The highest BCUT2D eigenvalue weighted by molar-refractivity contribution is 6.06. The number of aryl methyl sites for hydroxylation is 1. The van der Waals surface area contributed by atoms with Crippen molar-refractivity contribution in [3.63, 3.8) is 0 Å². The van der Waals surface area contributed by atoms with Gasteiger partial charge in [0.1, 0.15) is 6.33 Å². The molecule has 7 nitrogen and oxygen atoms in total. The summed E-state index contributed by atoms with van der Waals surface area (Å²) >= 11 is 0. The van der Waals surface area contributed by atoms with E-state index in [0.29, 0.717) is 12.2 Å². The van der Waals surface area contributed by atoms with Crippen molar-refractivity contribution in [2.24, 2.45) is 0 Å². The number of aliphatic hydroxyl groups excluding tert-OH is 1. The maximum Gasteiger partial charge on any atom is 0.215 e. The molecular weight excluding hydrogens is 306 g/mol. The van der Waals surface area contributed by atoms with Gasteiger partial charge in [0.2, 0.25) is 11.6 Å². The van der Waals surface area contributed by atoms with Crippen LogP contribution in [0.15, 0.2) is 49.1 Å². The number of pyridine rings is 1. The van der Waals surface area contributed by atoms with Crippen LogP contribution in [-0.2, 0) is 13.0 Å². The molecule has 0 fully saturated rings. The summed E-state index contributed by atoms with van der Waals surface area (Å²) < 4.78 is 1.84. The molecule has 24 heavy (non-hydrogen) atoms. The van der Waals surface area contributed by atoms with E-state index in [1.165, 1.54) is 6.33 Å². The van der Waals surface area contributed by atoms with E-state index < -0.39 is 0 Å². The van der Waals surface area contributed by atoms with Crippen LogP contribution in [0.3, 0.4) is 0 Å². The molecule has 7 heteroatoms. The zero-order valence-corrected chi connectivity index (χ0v) is 13.2. The number of hydrogen-bond acceptors (Lipinski definition) is 5. The zero-order chi connectivity index (χ0) is 16.9. The van der Waals surface area contributed by atoms with Crippen LogP contribution in [0.2, 0.25) is 0 Å². The fourth-order valence-electron chi connectivity index (χ4n) is 2.36. The fraction of sp³-hybridized carbons (Fsp3) is 0.176. The van der Waals surface area contributed by atoms with Gasteiger partial charge in [-0.25, -0.2) is 4.98 Å². The van der Waals surface area contributed by atoms with E-state index in [2.05, 4.69) is 20.2 Å². The number of nitrogens with zero attached hydrogens (tertiary/aromatic N) is 4. The number of carbonyl (C=O) groups is 1. The summed E-state index contributed by atoms with van der Waals surface area (Å²) in [6, 6.07) is 7.48. The van der Waals surface area contributed by atoms with E-state index in [1.54, 1.807) is 6.20 Å². The molecule has 0 saturated carbocycles. The van der Waals surface area contributed by atoms with Crippen LogP contribution in [0.1, 0.15) is 34.5 Å². The highest BCUT2D eigenvalue weighted by atomic mass is 16.3. The monoisotopic (exact) mass is 323 g/mol. The van der Waals surface area contributed by atoms with Crippen molar-refractivity contribution in [3.8, 4) is 0 Å². The van der Waals surface area contributed by atoms with Gasteiger partial charge in [-0.05, 0) is 30.2 Å². The number of aliphatic hydroxyl groups is 1. The third-order valence-electron chi connectivity index (χ3n) is 3.58. The molecule has 0 aliphatic rings. The van der Waals surface area contributed by atoms with E-state index >= 15 is 0 Å². The average molecular weight is 323 g/mol. The zero-order valence-electron chi connectivity index (χ0n) is 13.2. The van der Waals surface area contributed by atoms with E-state index in [9.17, 15) is 9.90 Å². The lowest BCUT2D eigenvalue weighted by Gasteiger charge is -2.06. The molecule has 3 aromatic heterocycles. The van der Waals surface area contributed by atoms with E-state index in [1.807, 2.05) is 42.0 Å². The molecule has 2 N–H and O–H groups in total. The molecule has 0 amide bonds. The second-order valence-corrected chi connectivity index (χ2v) is 5.25. The number of ketones is 1. The summed E-state index contributed by atoms with van der Waals surface area (Å²) in [6.07, 6.45) is 6.93. The van der Waals surface area contributed by atoms with Crippen LogP contribution in [-0.4, -0.2) is 35.6 Å². The SMILES string of the molecule is CCc1cc(C(=O)C=C(O)c2nc[nH]n2)n(Cc2ccccn2)c1. The highest BCUT2D eigenvalue weighted by Crippen LogP contribution is 2.15. The Morgan fingerprint density at radius 3 is 2.92 bits per heavy atom. The number of carbonyl (C=O) groups excluding carboxylic acids is 1. The third-order valence-corrected chi connectivity index (χ3v) is 3.58. The van der Waals surface area contributed by atoms with Crippen LogP contribution in [0.25, 0.3) is 5.76 Å². The summed E-state index contributed by atoms with van der Waals surface area (Å²) in [7, 11) is 0. The Bertz CT molecular complexity index is 851. The van der Waals surface area contributed by atoms with Gasteiger partial charge in [0.25, 0.3) is 0 Å². The average Bonchev–Trinajstić information content (AvgIpc) is 3.25. The predicted molar refractivity (Wildman–Crippen MR) is 88.5 cm³/mol. The van der Waals surface area contributed by atoms with Gasteiger partial charge >= 0.3 is 0 Å². The molecule has 3 rings (SSSR count). The Kier molecular flexibility index (Phi) is 4.51. The quantitative estimate of drug-likeness (QED) is 0.412. The third kappa shape index (κ3) is 3.40. The van der Waals surface area contributed by atoms with Crippen molar-refractivity contribution in [2.45, 2.75) is 19.9 Å². The largest absolute Gasteiger partial charge is 0.504 e. The van der Waals surface area contributed by atoms with Crippen LogP contribution < -0.4 is 0 Å². The van der Waals surface area contributed by atoms with Crippen molar-refractivity contribution in [2.75, 3.05) is 0 Å². The highest BCUT2D eigenvalue weighted by Gasteiger charge is 2.14. The minimum absolute atomic E-state index is 0.0851. The molecule has 0 atom stereocenters. The predicted octanol–water partition coefficient (Wildman–Crippen LogP) is 2.39. The molecule has 0 aromatic carbocycles. The van der Waals surface area contributed by atoms with Crippen LogP contribution in [0, 0.1) is 0 Å². The maximum absolute atomic E-state index is 12.5. The van der Waals surface area contributed by atoms with Gasteiger partial charge < -0.3 is 9.67 Å². The smallest absolute Gasteiger partial charge is 0.215 e. The lowest BCUT2D eigenvalue weighted by molar-refractivity contribution is 0.103. The fourth-order valence-corrected chi connectivity index (χ4v) is 2.36. The van der Waals surface area contributed by atoms with Gasteiger partial charge in [0.15, 0.2) is 5.76 Å². The second-order valence-electron chi connectivity index (χ2n) is 5.25. The topological polar surface area (TPSA) is 96.7 Å². The molecule has 3 heterocycles. The van der Waals surface area contributed by atoms with E-state index in [0.717, 1.165) is 23.8 Å².